The third kappa shape index (κ3) is 3.25. The minimum absolute atomic E-state index is 0.124. The van der Waals surface area contributed by atoms with Crippen LogP contribution in [0.3, 0.4) is 0 Å². The van der Waals surface area contributed by atoms with Gasteiger partial charge >= 0.3 is 0 Å². The van der Waals surface area contributed by atoms with Gasteiger partial charge in [-0.05, 0) is 25.1 Å². The monoisotopic (exact) mass is 208 g/mol. The Morgan fingerprint density at radius 1 is 1.47 bits per heavy atom. The van der Waals surface area contributed by atoms with Crippen LogP contribution in [0.2, 0.25) is 0 Å². The molecule has 4 heteroatoms. The molecule has 1 amide bonds. The van der Waals surface area contributed by atoms with Crippen LogP contribution in [0.5, 0.6) is 5.75 Å². The summed E-state index contributed by atoms with van der Waals surface area (Å²) >= 11 is 0. The summed E-state index contributed by atoms with van der Waals surface area (Å²) in [6.07, 6.45) is 0.779. The van der Waals surface area contributed by atoms with Crippen molar-refractivity contribution in [3.8, 4) is 5.75 Å². The van der Waals surface area contributed by atoms with Gasteiger partial charge in [0.1, 0.15) is 5.75 Å². The zero-order valence-electron chi connectivity index (χ0n) is 8.82. The topological polar surface area (TPSA) is 64.3 Å². The number of ether oxygens (including phenoxy) is 1. The Hall–Kier alpha value is -1.55. The van der Waals surface area contributed by atoms with Crippen molar-refractivity contribution in [1.82, 2.24) is 5.32 Å². The molecule has 0 saturated heterocycles. The smallest absolute Gasteiger partial charge is 0.255 e. The standard InChI is InChI=1S/C11H16N2O2/c1-15-10-6-3-2-5-9(10)11(14)13-8-4-7-12/h2-3,5-6H,4,7-8,12H2,1H3,(H,13,14). The summed E-state index contributed by atoms with van der Waals surface area (Å²) in [5.41, 5.74) is 5.89. The maximum atomic E-state index is 11.7. The van der Waals surface area contributed by atoms with Gasteiger partial charge in [0, 0.05) is 6.54 Å². The Labute approximate surface area is 89.4 Å². The molecule has 0 aliphatic heterocycles. The molecule has 0 radical (unpaired) electrons. The molecule has 0 fully saturated rings. The number of nitrogens with two attached hydrogens (primary N) is 1. The fourth-order valence-electron chi connectivity index (χ4n) is 1.23. The first kappa shape index (κ1) is 11.5. The van der Waals surface area contributed by atoms with Crippen LogP contribution in [-0.4, -0.2) is 26.1 Å². The lowest BCUT2D eigenvalue weighted by molar-refractivity contribution is 0.0950. The van der Waals surface area contributed by atoms with Crippen LogP contribution in [0.15, 0.2) is 24.3 Å². The van der Waals surface area contributed by atoms with Crippen molar-refractivity contribution in [3.63, 3.8) is 0 Å². The third-order valence-electron chi connectivity index (χ3n) is 2.02. The van der Waals surface area contributed by atoms with Gasteiger partial charge in [0.05, 0.1) is 12.7 Å². The van der Waals surface area contributed by atoms with E-state index in [0.717, 1.165) is 6.42 Å². The van der Waals surface area contributed by atoms with Gasteiger partial charge in [0.2, 0.25) is 0 Å². The maximum absolute atomic E-state index is 11.7. The predicted octanol–water partition coefficient (Wildman–Crippen LogP) is 0.774. The van der Waals surface area contributed by atoms with Gasteiger partial charge in [-0.15, -0.1) is 0 Å². The number of hydrogen-bond donors (Lipinski definition) is 2. The van der Waals surface area contributed by atoms with E-state index in [1.165, 1.54) is 0 Å². The van der Waals surface area contributed by atoms with Crippen LogP contribution in [0.25, 0.3) is 0 Å². The van der Waals surface area contributed by atoms with E-state index in [1.54, 1.807) is 25.3 Å². The quantitative estimate of drug-likeness (QED) is 0.703. The van der Waals surface area contributed by atoms with Crippen molar-refractivity contribution in [1.29, 1.82) is 0 Å². The first-order valence-corrected chi connectivity index (χ1v) is 4.91. The first-order valence-electron chi connectivity index (χ1n) is 4.91. The Morgan fingerprint density at radius 2 is 2.20 bits per heavy atom. The highest BCUT2D eigenvalue weighted by atomic mass is 16.5. The average Bonchev–Trinajstić information content (AvgIpc) is 2.29. The van der Waals surface area contributed by atoms with Crippen molar-refractivity contribution < 1.29 is 9.53 Å². The number of amides is 1. The summed E-state index contributed by atoms with van der Waals surface area (Å²) in [4.78, 5) is 11.7. The minimum Gasteiger partial charge on any atom is -0.496 e. The molecule has 1 aromatic rings. The normalized spacial score (nSPS) is 9.73. The van der Waals surface area contributed by atoms with E-state index >= 15 is 0 Å². The molecule has 82 valence electrons. The molecule has 15 heavy (non-hydrogen) atoms. The number of rotatable bonds is 5. The predicted molar refractivity (Wildman–Crippen MR) is 59.0 cm³/mol. The summed E-state index contributed by atoms with van der Waals surface area (Å²) in [7, 11) is 1.55. The highest BCUT2D eigenvalue weighted by molar-refractivity contribution is 5.96. The van der Waals surface area contributed by atoms with E-state index in [2.05, 4.69) is 5.32 Å². The van der Waals surface area contributed by atoms with E-state index < -0.39 is 0 Å². The molecule has 4 nitrogen and oxygen atoms in total. The molecule has 0 saturated carbocycles. The van der Waals surface area contributed by atoms with Gasteiger partial charge in [-0.25, -0.2) is 0 Å². The third-order valence-corrected chi connectivity index (χ3v) is 2.02. The van der Waals surface area contributed by atoms with E-state index in [0.29, 0.717) is 24.4 Å². The molecule has 1 aromatic carbocycles. The van der Waals surface area contributed by atoms with Gasteiger partial charge < -0.3 is 15.8 Å². The zero-order chi connectivity index (χ0) is 11.1. The second-order valence-electron chi connectivity index (χ2n) is 3.10. The molecule has 0 atom stereocenters. The summed E-state index contributed by atoms with van der Waals surface area (Å²) < 4.78 is 5.09. The van der Waals surface area contributed by atoms with Crippen LogP contribution >= 0.6 is 0 Å². The number of methoxy groups -OCH3 is 1. The van der Waals surface area contributed by atoms with Crippen LogP contribution in [0, 0.1) is 0 Å². The molecular formula is C11H16N2O2. The number of benzene rings is 1. The molecule has 0 spiro atoms. The number of nitrogens with one attached hydrogen (secondary N) is 1. The van der Waals surface area contributed by atoms with Crippen molar-refractivity contribution >= 4 is 5.91 Å². The average molecular weight is 208 g/mol. The molecule has 0 aliphatic rings. The Balaban J connectivity index is 2.64. The first-order chi connectivity index (χ1) is 7.29. The van der Waals surface area contributed by atoms with Gasteiger partial charge in [-0.3, -0.25) is 4.79 Å². The second-order valence-corrected chi connectivity index (χ2v) is 3.10. The molecule has 0 aromatic heterocycles. The summed E-state index contributed by atoms with van der Waals surface area (Å²) in [6.45, 7) is 1.17. The van der Waals surface area contributed by atoms with Crippen LogP contribution < -0.4 is 15.8 Å². The van der Waals surface area contributed by atoms with Gasteiger partial charge in [-0.2, -0.15) is 0 Å². The Morgan fingerprint density at radius 3 is 2.87 bits per heavy atom. The molecule has 3 N–H and O–H groups in total. The van der Waals surface area contributed by atoms with E-state index in [9.17, 15) is 4.79 Å². The van der Waals surface area contributed by atoms with Crippen LogP contribution in [-0.2, 0) is 0 Å². The Kier molecular flexibility index (Phi) is 4.63. The Bertz CT molecular complexity index is 326. The number of hydrogen-bond acceptors (Lipinski definition) is 3. The minimum atomic E-state index is -0.124. The lowest BCUT2D eigenvalue weighted by Gasteiger charge is -2.08. The lowest BCUT2D eigenvalue weighted by atomic mass is 10.2. The summed E-state index contributed by atoms with van der Waals surface area (Å²) in [5.74, 6) is 0.462. The molecule has 0 aliphatic carbocycles. The highest BCUT2D eigenvalue weighted by Crippen LogP contribution is 2.16. The highest BCUT2D eigenvalue weighted by Gasteiger charge is 2.09. The molecule has 0 bridgehead atoms. The van der Waals surface area contributed by atoms with Crippen LogP contribution in [0.4, 0.5) is 0 Å². The number of para-hydroxylation sites is 1. The van der Waals surface area contributed by atoms with E-state index in [4.69, 9.17) is 10.5 Å². The van der Waals surface area contributed by atoms with Crippen LogP contribution in [0.1, 0.15) is 16.8 Å². The van der Waals surface area contributed by atoms with Crippen molar-refractivity contribution in [2.24, 2.45) is 5.73 Å². The molecular weight excluding hydrogens is 192 g/mol. The number of carbonyl (C=O) groups excluding carboxylic acids is 1. The van der Waals surface area contributed by atoms with E-state index in [-0.39, 0.29) is 5.91 Å². The second kappa shape index (κ2) is 6.03. The van der Waals surface area contributed by atoms with E-state index in [1.807, 2.05) is 6.07 Å². The zero-order valence-corrected chi connectivity index (χ0v) is 8.82. The lowest BCUT2D eigenvalue weighted by Crippen LogP contribution is -2.26. The van der Waals surface area contributed by atoms with Gasteiger partial charge in [-0.1, -0.05) is 12.1 Å². The molecule has 1 rings (SSSR count). The summed E-state index contributed by atoms with van der Waals surface area (Å²) in [5, 5.41) is 2.78. The van der Waals surface area contributed by atoms with Crippen molar-refractivity contribution in [2.75, 3.05) is 20.2 Å². The van der Waals surface area contributed by atoms with Crippen molar-refractivity contribution in [3.05, 3.63) is 29.8 Å². The molecule has 0 heterocycles. The maximum Gasteiger partial charge on any atom is 0.255 e. The van der Waals surface area contributed by atoms with Gasteiger partial charge in [0.15, 0.2) is 0 Å². The fraction of sp³-hybridized carbons (Fsp3) is 0.364. The largest absolute Gasteiger partial charge is 0.496 e. The van der Waals surface area contributed by atoms with Crippen molar-refractivity contribution in [2.45, 2.75) is 6.42 Å². The van der Waals surface area contributed by atoms with Gasteiger partial charge in [0.25, 0.3) is 5.91 Å². The number of carbonyl (C=O) groups is 1. The SMILES string of the molecule is COc1ccccc1C(=O)NCCCN. The fourth-order valence-corrected chi connectivity index (χ4v) is 1.23. The summed E-state index contributed by atoms with van der Waals surface area (Å²) in [6, 6.07) is 7.13. The molecule has 0 unspecified atom stereocenters.